The first-order chi connectivity index (χ1) is 12.2. The molecule has 0 aliphatic carbocycles. The van der Waals surface area contributed by atoms with Crippen LogP contribution in [0, 0.1) is 17.0 Å². The number of ether oxygens (including phenoxy) is 1. The number of ketones is 1. The Bertz CT molecular complexity index is 919. The van der Waals surface area contributed by atoms with Gasteiger partial charge in [0.1, 0.15) is 5.00 Å². The van der Waals surface area contributed by atoms with Gasteiger partial charge in [-0.25, -0.2) is 4.79 Å². The fourth-order valence-corrected chi connectivity index (χ4v) is 3.46. The van der Waals surface area contributed by atoms with Gasteiger partial charge in [0.15, 0.2) is 16.5 Å². The Hall–Kier alpha value is -2.79. The lowest BCUT2D eigenvalue weighted by atomic mass is 10.1. The van der Waals surface area contributed by atoms with Gasteiger partial charge >= 0.3 is 11.8 Å². The van der Waals surface area contributed by atoms with E-state index in [9.17, 15) is 24.5 Å². The molecule has 2 rings (SSSR count). The standard InChI is InChI=1S/C14H13ClN4O6S/c1-4-25-14(22)7-5(2)10(6(3)20)26-13(7)16-12(21)9-8(15)11(18-17-9)19(23)24/h4H2,1-3H3,(H,16,21)(H,17,18). The van der Waals surface area contributed by atoms with Crippen LogP contribution in [0.2, 0.25) is 5.02 Å². The normalized spacial score (nSPS) is 10.5. The van der Waals surface area contributed by atoms with Crippen molar-refractivity contribution in [3.05, 3.63) is 36.8 Å². The summed E-state index contributed by atoms with van der Waals surface area (Å²) in [5.74, 6) is -2.49. The minimum atomic E-state index is -0.874. The van der Waals surface area contributed by atoms with Crippen LogP contribution < -0.4 is 5.32 Å². The van der Waals surface area contributed by atoms with E-state index in [2.05, 4.69) is 10.4 Å². The number of aromatic nitrogens is 2. The maximum atomic E-state index is 12.4. The number of aromatic amines is 1. The molecule has 2 aromatic rings. The van der Waals surface area contributed by atoms with Crippen molar-refractivity contribution < 1.29 is 24.0 Å². The van der Waals surface area contributed by atoms with Crippen molar-refractivity contribution in [2.24, 2.45) is 0 Å². The van der Waals surface area contributed by atoms with Crippen molar-refractivity contribution in [1.82, 2.24) is 10.2 Å². The van der Waals surface area contributed by atoms with E-state index in [0.29, 0.717) is 5.56 Å². The van der Waals surface area contributed by atoms with Gasteiger partial charge in [-0.3, -0.25) is 9.59 Å². The van der Waals surface area contributed by atoms with Crippen molar-refractivity contribution >= 4 is 51.4 Å². The van der Waals surface area contributed by atoms with Gasteiger partial charge in [0.25, 0.3) is 5.91 Å². The van der Waals surface area contributed by atoms with E-state index in [4.69, 9.17) is 16.3 Å². The molecular formula is C14H13ClN4O6S. The van der Waals surface area contributed by atoms with E-state index >= 15 is 0 Å². The summed E-state index contributed by atoms with van der Waals surface area (Å²) in [5, 5.41) is 18.4. The second-order valence-electron chi connectivity index (χ2n) is 4.98. The van der Waals surface area contributed by atoms with Crippen LogP contribution in [0.5, 0.6) is 0 Å². The number of carbonyl (C=O) groups is 3. The number of halogens is 1. The zero-order valence-electron chi connectivity index (χ0n) is 13.8. The fraction of sp³-hybridized carbons (Fsp3) is 0.286. The van der Waals surface area contributed by atoms with Crippen molar-refractivity contribution in [1.29, 1.82) is 0 Å². The molecule has 26 heavy (non-hydrogen) atoms. The third kappa shape index (κ3) is 3.58. The number of esters is 1. The third-order valence-electron chi connectivity index (χ3n) is 3.26. The van der Waals surface area contributed by atoms with Gasteiger partial charge in [-0.15, -0.1) is 16.4 Å². The highest BCUT2D eigenvalue weighted by Gasteiger charge is 2.29. The van der Waals surface area contributed by atoms with Gasteiger partial charge in [0, 0.05) is 0 Å². The zero-order chi connectivity index (χ0) is 19.6. The maximum Gasteiger partial charge on any atom is 0.362 e. The fourth-order valence-electron chi connectivity index (χ4n) is 2.14. The van der Waals surface area contributed by atoms with Gasteiger partial charge in [-0.2, -0.15) is 0 Å². The molecule has 0 saturated heterocycles. The summed E-state index contributed by atoms with van der Waals surface area (Å²) in [4.78, 5) is 46.5. The summed E-state index contributed by atoms with van der Waals surface area (Å²) >= 11 is 6.67. The molecule has 0 radical (unpaired) electrons. The summed E-state index contributed by atoms with van der Waals surface area (Å²) in [7, 11) is 0. The van der Waals surface area contributed by atoms with Crippen LogP contribution in [-0.2, 0) is 4.74 Å². The first kappa shape index (κ1) is 19.5. The molecule has 10 nitrogen and oxygen atoms in total. The maximum absolute atomic E-state index is 12.4. The average molecular weight is 401 g/mol. The van der Waals surface area contributed by atoms with Crippen molar-refractivity contribution in [3.8, 4) is 0 Å². The molecule has 2 aromatic heterocycles. The highest BCUT2D eigenvalue weighted by molar-refractivity contribution is 7.18. The summed E-state index contributed by atoms with van der Waals surface area (Å²) in [6, 6.07) is 0. The molecule has 2 heterocycles. The van der Waals surface area contributed by atoms with E-state index < -0.39 is 33.3 Å². The van der Waals surface area contributed by atoms with Crippen LogP contribution in [0.3, 0.4) is 0 Å². The number of hydrogen-bond acceptors (Lipinski definition) is 8. The lowest BCUT2D eigenvalue weighted by Gasteiger charge is -2.06. The molecule has 0 bridgehead atoms. The lowest BCUT2D eigenvalue weighted by Crippen LogP contribution is -2.15. The average Bonchev–Trinajstić information content (AvgIpc) is 3.08. The van der Waals surface area contributed by atoms with E-state index in [1.807, 2.05) is 5.10 Å². The number of hydrogen-bond donors (Lipinski definition) is 2. The molecule has 0 aromatic carbocycles. The highest BCUT2D eigenvalue weighted by atomic mass is 35.5. The van der Waals surface area contributed by atoms with Crippen LogP contribution in [-0.4, -0.2) is 39.4 Å². The molecule has 2 N–H and O–H groups in total. The predicted octanol–water partition coefficient (Wildman–Crippen LogP) is 2.97. The van der Waals surface area contributed by atoms with Gasteiger partial charge in [0.2, 0.25) is 0 Å². The molecule has 0 spiro atoms. The van der Waals surface area contributed by atoms with Crippen LogP contribution >= 0.6 is 22.9 Å². The Balaban J connectivity index is 2.44. The van der Waals surface area contributed by atoms with Crippen LogP contribution in [0.1, 0.15) is 49.9 Å². The molecule has 12 heteroatoms. The molecule has 138 valence electrons. The lowest BCUT2D eigenvalue weighted by molar-refractivity contribution is -0.389. The van der Waals surface area contributed by atoms with Crippen LogP contribution in [0.15, 0.2) is 0 Å². The molecule has 0 atom stereocenters. The molecule has 0 unspecified atom stereocenters. The number of rotatable bonds is 6. The number of nitrogens with one attached hydrogen (secondary N) is 2. The molecule has 0 fully saturated rings. The van der Waals surface area contributed by atoms with Crippen molar-refractivity contribution in [2.75, 3.05) is 11.9 Å². The minimum absolute atomic E-state index is 0.0385. The molecule has 0 saturated carbocycles. The largest absolute Gasteiger partial charge is 0.462 e. The van der Waals surface area contributed by atoms with E-state index in [-0.39, 0.29) is 27.8 Å². The van der Waals surface area contributed by atoms with E-state index in [1.165, 1.54) is 6.92 Å². The number of anilines is 1. The van der Waals surface area contributed by atoms with Crippen LogP contribution in [0.25, 0.3) is 0 Å². The van der Waals surface area contributed by atoms with Gasteiger partial charge in [-0.1, -0.05) is 16.7 Å². The summed E-state index contributed by atoms with van der Waals surface area (Å²) < 4.78 is 4.96. The Morgan fingerprint density at radius 3 is 2.58 bits per heavy atom. The van der Waals surface area contributed by atoms with Crippen LogP contribution in [0.4, 0.5) is 10.8 Å². The van der Waals surface area contributed by atoms with Crippen molar-refractivity contribution in [2.45, 2.75) is 20.8 Å². The van der Waals surface area contributed by atoms with Crippen molar-refractivity contribution in [3.63, 3.8) is 0 Å². The summed E-state index contributed by atoms with van der Waals surface area (Å²) in [6.07, 6.45) is 0. The first-order valence-corrected chi connectivity index (χ1v) is 8.39. The number of H-pyrrole nitrogens is 1. The molecule has 1 amide bonds. The Kier molecular flexibility index (Phi) is 5.73. The summed E-state index contributed by atoms with van der Waals surface area (Å²) in [5.41, 5.74) is -0.00415. The van der Waals surface area contributed by atoms with E-state index in [1.54, 1.807) is 13.8 Å². The molecule has 0 aliphatic heterocycles. The first-order valence-electron chi connectivity index (χ1n) is 7.20. The second-order valence-corrected chi connectivity index (χ2v) is 6.38. The number of nitro groups is 1. The summed E-state index contributed by atoms with van der Waals surface area (Å²) in [6.45, 7) is 4.61. The minimum Gasteiger partial charge on any atom is -0.462 e. The SMILES string of the molecule is CCOC(=O)c1c(NC(=O)c2n[nH]c([N+](=O)[O-])c2Cl)sc(C(C)=O)c1C. The Morgan fingerprint density at radius 1 is 1.42 bits per heavy atom. The quantitative estimate of drug-likeness (QED) is 0.328. The third-order valence-corrected chi connectivity index (χ3v) is 4.93. The van der Waals surface area contributed by atoms with E-state index in [0.717, 1.165) is 11.3 Å². The Morgan fingerprint density at radius 2 is 2.08 bits per heavy atom. The Labute approximate surface area is 155 Å². The number of thiophene rings is 1. The number of nitrogens with zero attached hydrogens (tertiary/aromatic N) is 2. The topological polar surface area (TPSA) is 144 Å². The number of amides is 1. The number of carbonyl (C=O) groups excluding carboxylic acids is 3. The number of Topliss-reactive ketones (excluding diaryl/α,β-unsaturated/α-hetero) is 1. The monoisotopic (exact) mass is 400 g/mol. The predicted molar refractivity (Wildman–Crippen MR) is 93.2 cm³/mol. The van der Waals surface area contributed by atoms with Gasteiger partial charge in [0.05, 0.1) is 17.0 Å². The van der Waals surface area contributed by atoms with Gasteiger partial charge < -0.3 is 20.2 Å². The zero-order valence-corrected chi connectivity index (χ0v) is 15.4. The molecular weight excluding hydrogens is 388 g/mol. The highest BCUT2D eigenvalue weighted by Crippen LogP contribution is 2.35. The second kappa shape index (κ2) is 7.62. The van der Waals surface area contributed by atoms with Gasteiger partial charge in [-0.05, 0) is 31.3 Å². The molecule has 0 aliphatic rings. The smallest absolute Gasteiger partial charge is 0.362 e.